The van der Waals surface area contributed by atoms with Gasteiger partial charge >= 0.3 is 5.97 Å². The van der Waals surface area contributed by atoms with E-state index in [2.05, 4.69) is 10.0 Å². The lowest BCUT2D eigenvalue weighted by Gasteiger charge is -2.18. The number of sulfonamides is 1. The van der Waals surface area contributed by atoms with Gasteiger partial charge < -0.3 is 10.4 Å². The fourth-order valence-corrected chi connectivity index (χ4v) is 2.97. The highest BCUT2D eigenvalue weighted by molar-refractivity contribution is 7.89. The van der Waals surface area contributed by atoms with Crippen LogP contribution < -0.4 is 10.0 Å². The highest BCUT2D eigenvalue weighted by Gasteiger charge is 2.27. The van der Waals surface area contributed by atoms with Gasteiger partial charge in [-0.3, -0.25) is 9.59 Å². The quantitative estimate of drug-likeness (QED) is 0.705. The van der Waals surface area contributed by atoms with E-state index in [-0.39, 0.29) is 10.8 Å². The summed E-state index contributed by atoms with van der Waals surface area (Å²) in [4.78, 5) is 22.3. The van der Waals surface area contributed by atoms with Crippen molar-refractivity contribution in [1.29, 1.82) is 0 Å². The summed E-state index contributed by atoms with van der Waals surface area (Å²) in [5.41, 5.74) is 0.315. The van der Waals surface area contributed by atoms with Crippen molar-refractivity contribution in [1.82, 2.24) is 10.0 Å². The molecule has 116 valence electrons. The number of hydrogen-bond acceptors (Lipinski definition) is 4. The largest absolute Gasteiger partial charge is 0.480 e. The standard InChI is InChI=1S/C13H18N2O5S/c1-8(2)11(13(17)18)15-21(19,20)10-6-4-9(5-7-10)12(16)14-3/h4-8,11,15H,1-3H3,(H,14,16)(H,17,18)/t11-/m0/s1. The Labute approximate surface area is 123 Å². The van der Waals surface area contributed by atoms with Crippen LogP contribution in [0.3, 0.4) is 0 Å². The molecule has 21 heavy (non-hydrogen) atoms. The molecule has 0 aliphatic heterocycles. The number of carbonyl (C=O) groups excluding carboxylic acids is 1. The number of benzene rings is 1. The van der Waals surface area contributed by atoms with Gasteiger partial charge in [0.2, 0.25) is 10.0 Å². The Bertz CT molecular complexity index is 622. The van der Waals surface area contributed by atoms with Gasteiger partial charge in [0.1, 0.15) is 6.04 Å². The highest BCUT2D eigenvalue weighted by Crippen LogP contribution is 2.13. The van der Waals surface area contributed by atoms with Gasteiger partial charge in [0.25, 0.3) is 5.91 Å². The van der Waals surface area contributed by atoms with Gasteiger partial charge in [-0.1, -0.05) is 13.8 Å². The first-order valence-corrected chi connectivity index (χ1v) is 7.74. The molecule has 8 heteroatoms. The van der Waals surface area contributed by atoms with Crippen molar-refractivity contribution in [3.05, 3.63) is 29.8 Å². The van der Waals surface area contributed by atoms with Crippen molar-refractivity contribution in [3.8, 4) is 0 Å². The van der Waals surface area contributed by atoms with E-state index in [4.69, 9.17) is 5.11 Å². The van der Waals surface area contributed by atoms with E-state index >= 15 is 0 Å². The number of carboxylic acids is 1. The Morgan fingerprint density at radius 2 is 1.67 bits per heavy atom. The monoisotopic (exact) mass is 314 g/mol. The van der Waals surface area contributed by atoms with E-state index in [9.17, 15) is 18.0 Å². The average Bonchev–Trinajstić information content (AvgIpc) is 2.43. The molecule has 0 aliphatic rings. The molecule has 0 radical (unpaired) electrons. The highest BCUT2D eigenvalue weighted by atomic mass is 32.2. The third kappa shape index (κ3) is 4.27. The van der Waals surface area contributed by atoms with Crippen molar-refractivity contribution in [2.45, 2.75) is 24.8 Å². The number of nitrogens with one attached hydrogen (secondary N) is 2. The van der Waals surface area contributed by atoms with Gasteiger partial charge in [-0.25, -0.2) is 8.42 Å². The molecule has 0 bridgehead atoms. The molecular formula is C13H18N2O5S. The third-order valence-electron chi connectivity index (χ3n) is 2.87. The predicted octanol–water partition coefficient (Wildman–Crippen LogP) is 0.434. The maximum absolute atomic E-state index is 12.1. The van der Waals surface area contributed by atoms with Crippen molar-refractivity contribution < 1.29 is 23.1 Å². The summed E-state index contributed by atoms with van der Waals surface area (Å²) in [5, 5.41) is 11.4. The van der Waals surface area contributed by atoms with E-state index in [1.807, 2.05) is 0 Å². The number of hydrogen-bond donors (Lipinski definition) is 3. The molecule has 0 fully saturated rings. The predicted molar refractivity (Wildman–Crippen MR) is 76.4 cm³/mol. The molecule has 3 N–H and O–H groups in total. The number of rotatable bonds is 6. The van der Waals surface area contributed by atoms with Gasteiger partial charge in [0.05, 0.1) is 4.90 Å². The van der Waals surface area contributed by atoms with Gasteiger partial charge in [-0.05, 0) is 30.2 Å². The van der Waals surface area contributed by atoms with Crippen molar-refractivity contribution >= 4 is 21.9 Å². The maximum Gasteiger partial charge on any atom is 0.322 e. The zero-order valence-electron chi connectivity index (χ0n) is 12.0. The first-order chi connectivity index (χ1) is 9.69. The number of amides is 1. The smallest absolute Gasteiger partial charge is 0.322 e. The van der Waals surface area contributed by atoms with Crippen LogP contribution in [0.25, 0.3) is 0 Å². The van der Waals surface area contributed by atoms with Crippen molar-refractivity contribution in [2.75, 3.05) is 7.05 Å². The van der Waals surface area contributed by atoms with Crippen LogP contribution in [-0.2, 0) is 14.8 Å². The molecule has 0 spiro atoms. The molecule has 1 aromatic rings. The first kappa shape index (κ1) is 17.1. The minimum atomic E-state index is -3.96. The van der Waals surface area contributed by atoms with Crippen LogP contribution in [0.2, 0.25) is 0 Å². The molecule has 1 aromatic carbocycles. The molecule has 7 nitrogen and oxygen atoms in total. The molecule has 0 aromatic heterocycles. The van der Waals surface area contributed by atoms with Crippen molar-refractivity contribution in [3.63, 3.8) is 0 Å². The van der Waals surface area contributed by atoms with Crippen LogP contribution in [0, 0.1) is 5.92 Å². The fourth-order valence-electron chi connectivity index (χ4n) is 1.64. The van der Waals surface area contributed by atoms with Gasteiger partial charge in [0, 0.05) is 12.6 Å². The maximum atomic E-state index is 12.1. The lowest BCUT2D eigenvalue weighted by atomic mass is 10.1. The number of carboxylic acid groups (broad SMARTS) is 1. The number of carbonyl (C=O) groups is 2. The Balaban J connectivity index is 3.03. The summed E-state index contributed by atoms with van der Waals surface area (Å²) in [6.45, 7) is 3.21. The lowest BCUT2D eigenvalue weighted by molar-refractivity contribution is -0.140. The normalized spacial score (nSPS) is 13.0. The second-order valence-corrected chi connectivity index (χ2v) is 6.50. The molecule has 0 aliphatic carbocycles. The molecule has 0 heterocycles. The van der Waals surface area contributed by atoms with Crippen LogP contribution in [0.5, 0.6) is 0 Å². The lowest BCUT2D eigenvalue weighted by Crippen LogP contribution is -2.44. The van der Waals surface area contributed by atoms with Gasteiger partial charge in [-0.2, -0.15) is 4.72 Å². The van der Waals surface area contributed by atoms with Crippen LogP contribution in [0.1, 0.15) is 24.2 Å². The molecule has 0 unspecified atom stereocenters. The Morgan fingerprint density at radius 1 is 1.14 bits per heavy atom. The van der Waals surface area contributed by atoms with Crippen molar-refractivity contribution in [2.24, 2.45) is 5.92 Å². The molecule has 1 amide bonds. The molecule has 0 saturated carbocycles. The van der Waals surface area contributed by atoms with E-state index in [1.54, 1.807) is 13.8 Å². The van der Waals surface area contributed by atoms with E-state index in [1.165, 1.54) is 31.3 Å². The van der Waals surface area contributed by atoms with E-state index < -0.39 is 28.0 Å². The summed E-state index contributed by atoms with van der Waals surface area (Å²) in [6, 6.07) is 4.02. The summed E-state index contributed by atoms with van der Waals surface area (Å²) in [7, 11) is -2.49. The van der Waals surface area contributed by atoms with Gasteiger partial charge in [0.15, 0.2) is 0 Å². The second kappa shape index (κ2) is 6.68. The van der Waals surface area contributed by atoms with Crippen LogP contribution >= 0.6 is 0 Å². The Hall–Kier alpha value is -1.93. The summed E-state index contributed by atoms with van der Waals surface area (Å²) < 4.78 is 26.4. The third-order valence-corrected chi connectivity index (χ3v) is 4.33. The van der Waals surface area contributed by atoms with E-state index in [0.29, 0.717) is 5.56 Å². The average molecular weight is 314 g/mol. The minimum absolute atomic E-state index is 0.0953. The second-order valence-electron chi connectivity index (χ2n) is 4.78. The molecule has 1 atom stereocenters. The Morgan fingerprint density at radius 3 is 2.05 bits per heavy atom. The van der Waals surface area contributed by atoms with Crippen LogP contribution in [0.15, 0.2) is 29.2 Å². The zero-order chi connectivity index (χ0) is 16.2. The van der Waals surface area contributed by atoms with E-state index in [0.717, 1.165) is 0 Å². The zero-order valence-corrected chi connectivity index (χ0v) is 12.8. The first-order valence-electron chi connectivity index (χ1n) is 6.26. The molecular weight excluding hydrogens is 296 g/mol. The molecule has 1 rings (SSSR count). The van der Waals surface area contributed by atoms with Crippen LogP contribution in [0.4, 0.5) is 0 Å². The Kier molecular flexibility index (Phi) is 5.45. The summed E-state index contributed by atoms with van der Waals surface area (Å²) in [5.74, 6) is -1.98. The molecule has 0 saturated heterocycles. The number of aliphatic carboxylic acids is 1. The van der Waals surface area contributed by atoms with Crippen LogP contribution in [-0.4, -0.2) is 38.5 Å². The topological polar surface area (TPSA) is 113 Å². The minimum Gasteiger partial charge on any atom is -0.480 e. The summed E-state index contributed by atoms with van der Waals surface area (Å²) in [6.07, 6.45) is 0. The SMILES string of the molecule is CNC(=O)c1ccc(S(=O)(=O)N[C@H](C(=O)O)C(C)C)cc1. The van der Waals surface area contributed by atoms with Gasteiger partial charge in [-0.15, -0.1) is 0 Å². The fraction of sp³-hybridized carbons (Fsp3) is 0.385. The summed E-state index contributed by atoms with van der Waals surface area (Å²) >= 11 is 0.